The van der Waals surface area contributed by atoms with Gasteiger partial charge in [0.05, 0.1) is 5.02 Å². The summed E-state index contributed by atoms with van der Waals surface area (Å²) in [5, 5.41) is 11.7. The normalized spacial score (nSPS) is 20.7. The van der Waals surface area contributed by atoms with Crippen LogP contribution in [-0.2, 0) is 11.2 Å². The highest BCUT2D eigenvalue weighted by atomic mass is 127. The number of nitrogens with one attached hydrogen (secondary N) is 1. The molecule has 1 aliphatic heterocycles. The lowest BCUT2D eigenvalue weighted by Crippen LogP contribution is -2.56. The Bertz CT molecular complexity index is 912. The zero-order valence-corrected chi connectivity index (χ0v) is 21.4. The predicted molar refractivity (Wildman–Crippen MR) is 135 cm³/mol. The first-order valence-corrected chi connectivity index (χ1v) is 12.4. The van der Waals surface area contributed by atoms with Gasteiger partial charge in [0.2, 0.25) is 0 Å². The molecule has 1 aliphatic rings. The van der Waals surface area contributed by atoms with Gasteiger partial charge in [-0.25, -0.2) is 5.01 Å². The minimum Gasteiger partial charge on any atom is -0.286 e. The lowest BCUT2D eigenvalue weighted by atomic mass is 9.99. The van der Waals surface area contributed by atoms with Gasteiger partial charge in [-0.2, -0.15) is 10.2 Å². The molecule has 0 saturated carbocycles. The van der Waals surface area contributed by atoms with Crippen LogP contribution in [0.3, 0.4) is 0 Å². The van der Waals surface area contributed by atoms with Gasteiger partial charge in [0.1, 0.15) is 5.69 Å². The summed E-state index contributed by atoms with van der Waals surface area (Å²) in [6.45, 7) is 4.29. The van der Waals surface area contributed by atoms with Crippen molar-refractivity contribution in [2.24, 2.45) is 10.2 Å². The summed E-state index contributed by atoms with van der Waals surface area (Å²) in [6, 6.07) is 13.3. The molecule has 0 spiro atoms. The Morgan fingerprint density at radius 2 is 1.84 bits per heavy atom. The highest BCUT2D eigenvalue weighted by Crippen LogP contribution is 2.28. The highest BCUT2D eigenvalue weighted by Gasteiger charge is 2.28. The summed E-state index contributed by atoms with van der Waals surface area (Å²) >= 11 is 14.5. The molecule has 3 rings (SSSR count). The lowest BCUT2D eigenvalue weighted by molar-refractivity contribution is -0.130. The van der Waals surface area contributed by atoms with Gasteiger partial charge in [-0.1, -0.05) is 41.8 Å². The van der Waals surface area contributed by atoms with Crippen LogP contribution in [0.15, 0.2) is 52.7 Å². The van der Waals surface area contributed by atoms with Crippen molar-refractivity contribution in [1.82, 2.24) is 10.4 Å². The molecule has 1 amide bonds. The Morgan fingerprint density at radius 1 is 1.16 bits per heavy atom. The molecule has 1 heterocycles. The van der Waals surface area contributed by atoms with Gasteiger partial charge in [0.25, 0.3) is 5.91 Å². The molecule has 1 fully saturated rings. The number of carbonyl (C=O) groups excluding carboxylic acids is 1. The van der Waals surface area contributed by atoms with E-state index in [1.807, 2.05) is 0 Å². The molecule has 5 nitrogen and oxygen atoms in total. The second-order valence-corrected chi connectivity index (χ2v) is 10.1. The second-order valence-electron chi connectivity index (χ2n) is 8.00. The number of halogens is 3. The maximum Gasteiger partial charge on any atom is 0.261 e. The molecule has 0 bridgehead atoms. The maximum absolute atomic E-state index is 13.2. The molecule has 0 aliphatic carbocycles. The summed E-state index contributed by atoms with van der Waals surface area (Å²) in [7, 11) is 0. The maximum atomic E-state index is 13.2. The van der Waals surface area contributed by atoms with E-state index < -0.39 is 6.04 Å². The van der Waals surface area contributed by atoms with Gasteiger partial charge in [-0.05, 0) is 98.0 Å². The van der Waals surface area contributed by atoms with Crippen LogP contribution in [0.5, 0.6) is 0 Å². The molecular weight excluding hydrogens is 546 g/mol. The first-order valence-electron chi connectivity index (χ1n) is 10.5. The molecule has 31 heavy (non-hydrogen) atoms. The van der Waals surface area contributed by atoms with Crippen LogP contribution >= 0.6 is 45.8 Å². The summed E-state index contributed by atoms with van der Waals surface area (Å²) in [5.74, 6) is -0.139. The quantitative estimate of drug-likeness (QED) is 0.287. The zero-order chi connectivity index (χ0) is 22.4. The van der Waals surface area contributed by atoms with E-state index in [-0.39, 0.29) is 5.91 Å². The average Bonchev–Trinajstić information content (AvgIpc) is 2.73. The van der Waals surface area contributed by atoms with E-state index in [4.69, 9.17) is 23.2 Å². The second kappa shape index (κ2) is 11.6. The van der Waals surface area contributed by atoms with Crippen LogP contribution in [-0.4, -0.2) is 29.0 Å². The van der Waals surface area contributed by atoms with Crippen LogP contribution in [0.25, 0.3) is 0 Å². The van der Waals surface area contributed by atoms with Gasteiger partial charge < -0.3 is 0 Å². The van der Waals surface area contributed by atoms with Gasteiger partial charge in [0.15, 0.2) is 6.04 Å². The minimum atomic E-state index is -0.618. The van der Waals surface area contributed by atoms with E-state index in [0.29, 0.717) is 34.2 Å². The van der Waals surface area contributed by atoms with Gasteiger partial charge in [-0.15, -0.1) is 0 Å². The SMILES string of the molecule is CC1CCCC(C)N1NC(=O)C(CCc1ccc(I)cc1)N=Nc1ccc(Cl)cc1Cl. The predicted octanol–water partition coefficient (Wildman–Crippen LogP) is 6.98. The van der Waals surface area contributed by atoms with E-state index in [0.717, 1.165) is 24.8 Å². The Hall–Kier alpha value is -1.22. The average molecular weight is 573 g/mol. The Labute approximate surface area is 207 Å². The third-order valence-electron chi connectivity index (χ3n) is 5.57. The van der Waals surface area contributed by atoms with Crippen LogP contribution in [0.4, 0.5) is 5.69 Å². The van der Waals surface area contributed by atoms with E-state index in [1.165, 1.54) is 9.99 Å². The lowest BCUT2D eigenvalue weighted by Gasteiger charge is -2.39. The number of piperidine rings is 1. The molecule has 3 unspecified atom stereocenters. The molecule has 1 saturated heterocycles. The number of carbonyl (C=O) groups is 1. The van der Waals surface area contributed by atoms with E-state index in [9.17, 15) is 4.79 Å². The standard InChI is InChI=1S/C23H27Cl2IN4O/c1-15-4-3-5-16(2)30(15)29-23(31)22(12-8-17-6-10-19(26)11-7-17)28-27-21-13-9-18(24)14-20(21)25/h6-7,9-11,13-16,22H,3-5,8,12H2,1-2H3,(H,29,31). The fourth-order valence-corrected chi connectivity index (χ4v) is 4.54. The van der Waals surface area contributed by atoms with Crippen molar-refractivity contribution < 1.29 is 4.79 Å². The monoisotopic (exact) mass is 572 g/mol. The third-order valence-corrected chi connectivity index (χ3v) is 6.83. The first kappa shape index (κ1) is 24.4. The Morgan fingerprint density at radius 3 is 2.48 bits per heavy atom. The number of hydrazine groups is 1. The number of rotatable bonds is 7. The molecule has 2 aromatic carbocycles. The number of azo groups is 1. The molecule has 3 atom stereocenters. The fraction of sp³-hybridized carbons (Fsp3) is 0.435. The number of nitrogens with zero attached hydrogens (tertiary/aromatic N) is 3. The zero-order valence-electron chi connectivity index (χ0n) is 17.7. The van der Waals surface area contributed by atoms with Crippen molar-refractivity contribution in [3.63, 3.8) is 0 Å². The van der Waals surface area contributed by atoms with Crippen LogP contribution in [0.1, 0.15) is 45.1 Å². The van der Waals surface area contributed by atoms with Crippen molar-refractivity contribution in [2.75, 3.05) is 0 Å². The van der Waals surface area contributed by atoms with Gasteiger partial charge in [0, 0.05) is 20.7 Å². The summed E-state index contributed by atoms with van der Waals surface area (Å²) < 4.78 is 1.18. The molecule has 8 heteroatoms. The van der Waals surface area contributed by atoms with Crippen LogP contribution in [0.2, 0.25) is 10.0 Å². The van der Waals surface area contributed by atoms with Crippen molar-refractivity contribution in [1.29, 1.82) is 0 Å². The van der Waals surface area contributed by atoms with E-state index in [2.05, 4.69) is 81.4 Å². The number of hydrogen-bond donors (Lipinski definition) is 1. The molecule has 0 radical (unpaired) electrons. The number of benzene rings is 2. The fourth-order valence-electron chi connectivity index (χ4n) is 3.73. The third kappa shape index (κ3) is 7.14. The van der Waals surface area contributed by atoms with E-state index >= 15 is 0 Å². The van der Waals surface area contributed by atoms with E-state index in [1.54, 1.807) is 18.2 Å². The summed E-state index contributed by atoms with van der Waals surface area (Å²) in [6.07, 6.45) is 4.60. The topological polar surface area (TPSA) is 57.1 Å². The number of aryl methyl sites for hydroxylation is 1. The smallest absolute Gasteiger partial charge is 0.261 e. The van der Waals surface area contributed by atoms with Crippen molar-refractivity contribution >= 4 is 57.4 Å². The molecule has 0 aromatic heterocycles. The number of hydrogen-bond acceptors (Lipinski definition) is 4. The Kier molecular flexibility index (Phi) is 9.13. The van der Waals surface area contributed by atoms with Gasteiger partial charge >= 0.3 is 0 Å². The molecule has 1 N–H and O–H groups in total. The van der Waals surface area contributed by atoms with Crippen molar-refractivity contribution in [2.45, 2.75) is 64.1 Å². The van der Waals surface area contributed by atoms with Crippen molar-refractivity contribution in [3.05, 3.63) is 61.6 Å². The van der Waals surface area contributed by atoms with Crippen LogP contribution < -0.4 is 5.43 Å². The Balaban J connectivity index is 1.75. The highest BCUT2D eigenvalue weighted by molar-refractivity contribution is 14.1. The van der Waals surface area contributed by atoms with Crippen molar-refractivity contribution in [3.8, 4) is 0 Å². The summed E-state index contributed by atoms with van der Waals surface area (Å²) in [4.78, 5) is 13.2. The molecular formula is C23H27Cl2IN4O. The minimum absolute atomic E-state index is 0.139. The molecule has 166 valence electrons. The summed E-state index contributed by atoms with van der Waals surface area (Å²) in [5.41, 5.74) is 4.77. The first-order chi connectivity index (χ1) is 14.8. The molecule has 2 aromatic rings. The van der Waals surface area contributed by atoms with Gasteiger partial charge in [-0.3, -0.25) is 10.2 Å². The van der Waals surface area contributed by atoms with Crippen LogP contribution in [0, 0.1) is 3.57 Å². The largest absolute Gasteiger partial charge is 0.286 e. The number of amides is 1.